The van der Waals surface area contributed by atoms with Gasteiger partial charge in [-0.3, -0.25) is 0 Å². The molecule has 118 valence electrons. The first-order valence-electron chi connectivity index (χ1n) is 7.36. The van der Waals surface area contributed by atoms with Crippen molar-refractivity contribution in [3.05, 3.63) is 53.1 Å². The number of hydrogen-bond acceptors (Lipinski definition) is 2. The van der Waals surface area contributed by atoms with E-state index in [0.717, 1.165) is 49.3 Å². The molecule has 1 unspecified atom stereocenters. The number of aromatic nitrogens is 2. The van der Waals surface area contributed by atoms with Gasteiger partial charge in [0.15, 0.2) is 0 Å². The van der Waals surface area contributed by atoms with Crippen molar-refractivity contribution in [2.75, 3.05) is 6.54 Å². The summed E-state index contributed by atoms with van der Waals surface area (Å²) in [6.07, 6.45) is -0.831. The molecule has 3 nitrogen and oxygen atoms in total. The van der Waals surface area contributed by atoms with Crippen LogP contribution < -0.4 is 5.32 Å². The molecule has 1 aromatic carbocycles. The zero-order valence-electron chi connectivity index (χ0n) is 12.3. The van der Waals surface area contributed by atoms with Gasteiger partial charge in [0.1, 0.15) is 0 Å². The lowest BCUT2D eigenvalue weighted by molar-refractivity contribution is -0.137. The third-order valence-electron chi connectivity index (χ3n) is 4.15. The van der Waals surface area contributed by atoms with Gasteiger partial charge >= 0.3 is 6.18 Å². The molecule has 0 radical (unpaired) electrons. The highest BCUT2D eigenvalue weighted by Crippen LogP contribution is 2.30. The van der Waals surface area contributed by atoms with E-state index in [1.54, 1.807) is 12.1 Å². The van der Waals surface area contributed by atoms with Gasteiger partial charge in [-0.05, 0) is 37.5 Å². The van der Waals surface area contributed by atoms with E-state index in [0.29, 0.717) is 0 Å². The highest BCUT2D eigenvalue weighted by molar-refractivity contribution is 5.25. The Morgan fingerprint density at radius 3 is 2.68 bits per heavy atom. The Bertz CT molecular complexity index is 644. The fourth-order valence-electron chi connectivity index (χ4n) is 2.99. The van der Waals surface area contributed by atoms with Crippen LogP contribution in [0.5, 0.6) is 0 Å². The lowest BCUT2D eigenvalue weighted by atomic mass is 10.00. The molecule has 3 rings (SSSR count). The second-order valence-corrected chi connectivity index (χ2v) is 5.65. The summed E-state index contributed by atoms with van der Waals surface area (Å²) < 4.78 is 39.8. The quantitative estimate of drug-likeness (QED) is 0.940. The van der Waals surface area contributed by atoms with Gasteiger partial charge in [0.2, 0.25) is 0 Å². The van der Waals surface area contributed by atoms with E-state index in [1.165, 1.54) is 5.69 Å². The van der Waals surface area contributed by atoms with E-state index >= 15 is 0 Å². The first-order chi connectivity index (χ1) is 10.4. The maximum Gasteiger partial charge on any atom is 0.416 e. The van der Waals surface area contributed by atoms with Gasteiger partial charge in [-0.15, -0.1) is 0 Å². The highest BCUT2D eigenvalue weighted by atomic mass is 19.4. The topological polar surface area (TPSA) is 29.9 Å². The van der Waals surface area contributed by atoms with Crippen LogP contribution in [0, 0.1) is 6.92 Å². The number of imidazole rings is 1. The number of aryl methyl sites for hydroxylation is 2. The lowest BCUT2D eigenvalue weighted by Crippen LogP contribution is -2.33. The monoisotopic (exact) mass is 309 g/mol. The van der Waals surface area contributed by atoms with Crippen LogP contribution in [0.15, 0.2) is 30.6 Å². The molecule has 0 aliphatic carbocycles. The van der Waals surface area contributed by atoms with Gasteiger partial charge in [-0.1, -0.05) is 12.1 Å². The van der Waals surface area contributed by atoms with Gasteiger partial charge in [-0.2, -0.15) is 13.2 Å². The average molecular weight is 309 g/mol. The molecule has 1 aromatic heterocycles. The molecule has 0 saturated heterocycles. The molecule has 0 spiro atoms. The molecular weight excluding hydrogens is 291 g/mol. The van der Waals surface area contributed by atoms with Gasteiger partial charge in [0.05, 0.1) is 23.3 Å². The van der Waals surface area contributed by atoms with Crippen molar-refractivity contribution in [1.29, 1.82) is 0 Å². The molecule has 1 atom stereocenters. The van der Waals surface area contributed by atoms with Crippen molar-refractivity contribution >= 4 is 0 Å². The SMILES string of the molecule is Cc1ncn2c1C(CCc1ccc(C(F)(F)F)cc1)NCC2. The minimum atomic E-state index is -4.27. The predicted molar refractivity (Wildman–Crippen MR) is 77.5 cm³/mol. The molecule has 22 heavy (non-hydrogen) atoms. The molecule has 0 bridgehead atoms. The minimum Gasteiger partial charge on any atom is -0.332 e. The summed E-state index contributed by atoms with van der Waals surface area (Å²) in [5.74, 6) is 0. The van der Waals surface area contributed by atoms with Crippen LogP contribution in [0.2, 0.25) is 0 Å². The van der Waals surface area contributed by atoms with Crippen molar-refractivity contribution in [3.8, 4) is 0 Å². The second-order valence-electron chi connectivity index (χ2n) is 5.65. The van der Waals surface area contributed by atoms with Crippen molar-refractivity contribution in [3.63, 3.8) is 0 Å². The fraction of sp³-hybridized carbons (Fsp3) is 0.438. The maximum absolute atomic E-state index is 12.6. The smallest absolute Gasteiger partial charge is 0.332 e. The number of rotatable bonds is 3. The Hall–Kier alpha value is -1.82. The first-order valence-corrected chi connectivity index (χ1v) is 7.36. The summed E-state index contributed by atoms with van der Waals surface area (Å²) in [5.41, 5.74) is 2.54. The maximum atomic E-state index is 12.6. The van der Waals surface area contributed by atoms with Crippen LogP contribution in [0.3, 0.4) is 0 Å². The minimum absolute atomic E-state index is 0.207. The van der Waals surface area contributed by atoms with Gasteiger partial charge < -0.3 is 9.88 Å². The van der Waals surface area contributed by atoms with Gasteiger partial charge in [0, 0.05) is 19.1 Å². The second kappa shape index (κ2) is 5.76. The van der Waals surface area contributed by atoms with E-state index in [-0.39, 0.29) is 6.04 Å². The zero-order valence-corrected chi connectivity index (χ0v) is 12.3. The molecule has 6 heteroatoms. The number of benzene rings is 1. The molecular formula is C16H18F3N3. The third kappa shape index (κ3) is 3.02. The summed E-state index contributed by atoms with van der Waals surface area (Å²) in [7, 11) is 0. The average Bonchev–Trinajstić information content (AvgIpc) is 2.87. The van der Waals surface area contributed by atoms with E-state index in [1.807, 2.05) is 13.3 Å². The van der Waals surface area contributed by atoms with Crippen molar-refractivity contribution in [2.45, 2.75) is 38.5 Å². The third-order valence-corrected chi connectivity index (χ3v) is 4.15. The Morgan fingerprint density at radius 1 is 1.27 bits per heavy atom. The Balaban J connectivity index is 1.67. The highest BCUT2D eigenvalue weighted by Gasteiger charge is 2.30. The fourth-order valence-corrected chi connectivity index (χ4v) is 2.99. The lowest BCUT2D eigenvalue weighted by Gasteiger charge is -2.26. The molecule has 0 fully saturated rings. The van der Waals surface area contributed by atoms with Gasteiger partial charge in [-0.25, -0.2) is 4.98 Å². The van der Waals surface area contributed by atoms with Crippen LogP contribution in [0.1, 0.15) is 35.0 Å². The number of alkyl halides is 3. The predicted octanol–water partition coefficient (Wildman–Crippen LogP) is 3.49. The Labute approximate surface area is 127 Å². The Kier molecular flexibility index (Phi) is 3.95. The van der Waals surface area contributed by atoms with E-state index in [2.05, 4.69) is 14.9 Å². The number of fused-ring (bicyclic) bond motifs is 1. The van der Waals surface area contributed by atoms with Crippen LogP contribution in [-0.2, 0) is 19.1 Å². The molecule has 1 aliphatic heterocycles. The summed E-state index contributed by atoms with van der Waals surface area (Å²) in [6.45, 7) is 3.79. The largest absolute Gasteiger partial charge is 0.416 e. The summed E-state index contributed by atoms with van der Waals surface area (Å²) in [4.78, 5) is 4.34. The molecule has 1 aliphatic rings. The standard InChI is InChI=1S/C16H18F3N3/c1-11-15-14(20-8-9-22(15)10-21-11)7-4-12-2-5-13(6-3-12)16(17,18)19/h2-3,5-6,10,14,20H,4,7-9H2,1H3. The van der Waals surface area contributed by atoms with Crippen LogP contribution >= 0.6 is 0 Å². The van der Waals surface area contributed by atoms with Gasteiger partial charge in [0.25, 0.3) is 0 Å². The van der Waals surface area contributed by atoms with E-state index in [9.17, 15) is 13.2 Å². The normalized spacial score (nSPS) is 18.3. The molecule has 0 saturated carbocycles. The van der Waals surface area contributed by atoms with Crippen molar-refractivity contribution in [1.82, 2.24) is 14.9 Å². The first kappa shape index (κ1) is 15.1. The number of nitrogens with one attached hydrogen (secondary N) is 1. The van der Waals surface area contributed by atoms with Crippen LogP contribution in [0.25, 0.3) is 0 Å². The molecule has 1 N–H and O–H groups in total. The summed E-state index contributed by atoms with van der Waals surface area (Å²) in [6, 6.07) is 5.64. The van der Waals surface area contributed by atoms with Crippen molar-refractivity contribution < 1.29 is 13.2 Å². The van der Waals surface area contributed by atoms with Crippen molar-refractivity contribution in [2.24, 2.45) is 0 Å². The number of halogens is 3. The van der Waals surface area contributed by atoms with E-state index < -0.39 is 11.7 Å². The van der Waals surface area contributed by atoms with E-state index in [4.69, 9.17) is 0 Å². The number of hydrogen-bond donors (Lipinski definition) is 1. The van der Waals surface area contributed by atoms with Crippen LogP contribution in [0.4, 0.5) is 13.2 Å². The molecule has 2 heterocycles. The molecule has 2 aromatic rings. The Morgan fingerprint density at radius 2 is 2.00 bits per heavy atom. The van der Waals surface area contributed by atoms with Crippen LogP contribution in [-0.4, -0.2) is 16.1 Å². The zero-order chi connectivity index (χ0) is 15.7. The number of nitrogens with zero attached hydrogens (tertiary/aromatic N) is 2. The summed E-state index contributed by atoms with van der Waals surface area (Å²) in [5, 5.41) is 3.47. The molecule has 0 amide bonds. The summed E-state index contributed by atoms with van der Waals surface area (Å²) >= 11 is 0.